The highest BCUT2D eigenvalue weighted by Gasteiger charge is 2.42. The van der Waals surface area contributed by atoms with E-state index in [9.17, 15) is 4.79 Å². The van der Waals surface area contributed by atoms with Gasteiger partial charge in [-0.25, -0.2) is 0 Å². The molecule has 0 spiro atoms. The number of hydrogen-bond donors (Lipinski definition) is 1. The third-order valence-electron chi connectivity index (χ3n) is 5.39. The molecule has 2 heterocycles. The van der Waals surface area contributed by atoms with Gasteiger partial charge >= 0.3 is 0 Å². The molecule has 0 aromatic carbocycles. The average molecular weight is 250 g/mol. The zero-order valence-electron chi connectivity index (χ0n) is 11.7. The van der Waals surface area contributed by atoms with Gasteiger partial charge in [-0.15, -0.1) is 0 Å². The van der Waals surface area contributed by atoms with Gasteiger partial charge in [-0.05, 0) is 37.5 Å². The molecule has 3 atom stereocenters. The fourth-order valence-electron chi connectivity index (χ4n) is 4.15. The monoisotopic (exact) mass is 250 g/mol. The lowest BCUT2D eigenvalue weighted by Gasteiger charge is -2.33. The van der Waals surface area contributed by atoms with Crippen molar-refractivity contribution < 1.29 is 4.79 Å². The van der Waals surface area contributed by atoms with Crippen molar-refractivity contribution in [2.75, 3.05) is 13.1 Å². The molecule has 3 unspecified atom stereocenters. The molecule has 18 heavy (non-hydrogen) atoms. The molecule has 3 rings (SSSR count). The second-order valence-corrected chi connectivity index (χ2v) is 7.14. The second-order valence-electron chi connectivity index (χ2n) is 7.14. The lowest BCUT2D eigenvalue weighted by atomic mass is 9.81. The van der Waals surface area contributed by atoms with Crippen LogP contribution in [-0.4, -0.2) is 36.0 Å². The van der Waals surface area contributed by atoms with E-state index in [1.54, 1.807) is 0 Å². The number of amides is 1. The molecule has 1 N–H and O–H groups in total. The molecule has 3 heteroatoms. The summed E-state index contributed by atoms with van der Waals surface area (Å²) in [6.45, 7) is 6.46. The minimum atomic E-state index is 0.218. The van der Waals surface area contributed by atoms with Crippen LogP contribution >= 0.6 is 0 Å². The zero-order chi connectivity index (χ0) is 12.8. The van der Waals surface area contributed by atoms with Gasteiger partial charge in [0.05, 0.1) is 0 Å². The van der Waals surface area contributed by atoms with Gasteiger partial charge in [-0.2, -0.15) is 0 Å². The number of nitrogens with zero attached hydrogens (tertiary/aromatic N) is 1. The highest BCUT2D eigenvalue weighted by molar-refractivity contribution is 5.80. The van der Waals surface area contributed by atoms with Crippen LogP contribution < -0.4 is 5.32 Å². The van der Waals surface area contributed by atoms with Crippen molar-refractivity contribution in [1.82, 2.24) is 10.2 Å². The highest BCUT2D eigenvalue weighted by Crippen LogP contribution is 2.43. The lowest BCUT2D eigenvalue weighted by Crippen LogP contribution is -2.44. The summed E-state index contributed by atoms with van der Waals surface area (Å²) in [4.78, 5) is 14.9. The maximum Gasteiger partial charge on any atom is 0.226 e. The lowest BCUT2D eigenvalue weighted by molar-refractivity contribution is -0.138. The molecule has 1 saturated carbocycles. The van der Waals surface area contributed by atoms with Crippen LogP contribution in [-0.2, 0) is 4.79 Å². The highest BCUT2D eigenvalue weighted by atomic mass is 16.2. The van der Waals surface area contributed by atoms with Crippen LogP contribution in [0.3, 0.4) is 0 Å². The molecule has 1 amide bonds. The van der Waals surface area contributed by atoms with E-state index in [0.717, 1.165) is 25.9 Å². The first kappa shape index (κ1) is 12.5. The summed E-state index contributed by atoms with van der Waals surface area (Å²) < 4.78 is 0. The Labute approximate surface area is 110 Å². The van der Waals surface area contributed by atoms with Gasteiger partial charge in [0.15, 0.2) is 0 Å². The quantitative estimate of drug-likeness (QED) is 0.773. The zero-order valence-corrected chi connectivity index (χ0v) is 11.7. The topological polar surface area (TPSA) is 32.3 Å². The molecule has 0 aromatic rings. The van der Waals surface area contributed by atoms with E-state index >= 15 is 0 Å². The van der Waals surface area contributed by atoms with Crippen LogP contribution in [0.15, 0.2) is 0 Å². The van der Waals surface area contributed by atoms with Crippen molar-refractivity contribution in [2.24, 2.45) is 11.3 Å². The molecule has 2 bridgehead atoms. The number of likely N-dealkylation sites (tertiary alicyclic amines) is 1. The van der Waals surface area contributed by atoms with E-state index in [1.807, 2.05) is 0 Å². The van der Waals surface area contributed by atoms with Gasteiger partial charge in [-0.3, -0.25) is 4.79 Å². The first-order valence-corrected chi connectivity index (χ1v) is 7.61. The van der Waals surface area contributed by atoms with E-state index < -0.39 is 0 Å². The number of rotatable bonds is 1. The molecule has 3 aliphatic rings. The summed E-state index contributed by atoms with van der Waals surface area (Å²) in [5.41, 5.74) is 0.218. The van der Waals surface area contributed by atoms with Crippen molar-refractivity contribution in [1.29, 1.82) is 0 Å². The molecule has 0 radical (unpaired) electrons. The number of carbonyl (C=O) groups is 1. The maximum absolute atomic E-state index is 12.7. The van der Waals surface area contributed by atoms with Crippen molar-refractivity contribution in [3.8, 4) is 0 Å². The minimum Gasteiger partial charge on any atom is -0.341 e. The third-order valence-corrected chi connectivity index (χ3v) is 5.39. The summed E-state index contributed by atoms with van der Waals surface area (Å²) in [7, 11) is 0. The van der Waals surface area contributed by atoms with E-state index in [2.05, 4.69) is 24.1 Å². The Morgan fingerprint density at radius 1 is 1.17 bits per heavy atom. The summed E-state index contributed by atoms with van der Waals surface area (Å²) in [5.74, 6) is 0.709. The van der Waals surface area contributed by atoms with Crippen LogP contribution in [0.5, 0.6) is 0 Å². The summed E-state index contributed by atoms with van der Waals surface area (Å²) >= 11 is 0. The molecule has 3 fully saturated rings. The predicted molar refractivity (Wildman–Crippen MR) is 72.3 cm³/mol. The molecule has 3 nitrogen and oxygen atoms in total. The minimum absolute atomic E-state index is 0.218. The Kier molecular flexibility index (Phi) is 3.13. The first-order chi connectivity index (χ1) is 8.56. The summed E-state index contributed by atoms with van der Waals surface area (Å²) in [5, 5.41) is 3.66. The summed E-state index contributed by atoms with van der Waals surface area (Å²) in [6.07, 6.45) is 7.24. The number of hydrogen-bond acceptors (Lipinski definition) is 2. The van der Waals surface area contributed by atoms with Crippen LogP contribution in [0, 0.1) is 11.3 Å². The van der Waals surface area contributed by atoms with Crippen molar-refractivity contribution in [3.05, 3.63) is 0 Å². The Hall–Kier alpha value is -0.570. The first-order valence-electron chi connectivity index (χ1n) is 7.61. The maximum atomic E-state index is 12.7. The largest absolute Gasteiger partial charge is 0.341 e. The molecule has 102 valence electrons. The van der Waals surface area contributed by atoms with Gasteiger partial charge in [0, 0.05) is 31.1 Å². The predicted octanol–water partition coefficient (Wildman–Crippen LogP) is 2.17. The SMILES string of the molecule is CC1(C)CCCC1C(=O)N1CCC2CCC(C1)N2. The van der Waals surface area contributed by atoms with Gasteiger partial charge in [0.25, 0.3) is 0 Å². The van der Waals surface area contributed by atoms with Gasteiger partial charge in [0.2, 0.25) is 5.91 Å². The molecule has 2 saturated heterocycles. The van der Waals surface area contributed by atoms with E-state index in [-0.39, 0.29) is 11.3 Å². The molecule has 0 aromatic heterocycles. The van der Waals surface area contributed by atoms with E-state index in [1.165, 1.54) is 25.7 Å². The molecular formula is C15H26N2O. The van der Waals surface area contributed by atoms with Gasteiger partial charge in [0.1, 0.15) is 0 Å². The van der Waals surface area contributed by atoms with Gasteiger partial charge in [-0.1, -0.05) is 20.3 Å². The number of nitrogens with one attached hydrogen (secondary N) is 1. The Bertz CT molecular complexity index is 339. The Morgan fingerprint density at radius 2 is 1.94 bits per heavy atom. The Morgan fingerprint density at radius 3 is 2.67 bits per heavy atom. The van der Waals surface area contributed by atoms with Crippen molar-refractivity contribution in [3.63, 3.8) is 0 Å². The molecular weight excluding hydrogens is 224 g/mol. The molecule has 2 aliphatic heterocycles. The normalized spacial score (nSPS) is 38.8. The summed E-state index contributed by atoms with van der Waals surface area (Å²) in [6, 6.07) is 1.23. The van der Waals surface area contributed by atoms with Crippen LogP contribution in [0.2, 0.25) is 0 Å². The van der Waals surface area contributed by atoms with Crippen LogP contribution in [0.25, 0.3) is 0 Å². The standard InChI is InChI=1S/C15H26N2O/c1-15(2)8-3-4-13(15)14(18)17-9-7-11-5-6-12(10-17)16-11/h11-13,16H,3-10H2,1-2H3. The van der Waals surface area contributed by atoms with E-state index in [4.69, 9.17) is 0 Å². The Balaban J connectivity index is 1.69. The van der Waals surface area contributed by atoms with Crippen LogP contribution in [0.1, 0.15) is 52.4 Å². The van der Waals surface area contributed by atoms with E-state index in [0.29, 0.717) is 18.0 Å². The van der Waals surface area contributed by atoms with Crippen molar-refractivity contribution >= 4 is 5.91 Å². The van der Waals surface area contributed by atoms with Gasteiger partial charge < -0.3 is 10.2 Å². The smallest absolute Gasteiger partial charge is 0.226 e. The number of fused-ring (bicyclic) bond motifs is 2. The third kappa shape index (κ3) is 2.18. The molecule has 1 aliphatic carbocycles. The van der Waals surface area contributed by atoms with Crippen LogP contribution in [0.4, 0.5) is 0 Å². The fraction of sp³-hybridized carbons (Fsp3) is 0.933. The average Bonchev–Trinajstić information content (AvgIpc) is 2.80. The number of carbonyl (C=O) groups excluding carboxylic acids is 1. The van der Waals surface area contributed by atoms with Crippen molar-refractivity contribution in [2.45, 2.75) is 64.5 Å². The second kappa shape index (κ2) is 4.52. The fourth-order valence-corrected chi connectivity index (χ4v) is 4.15.